The number of H-pyrrole nitrogens is 1. The van der Waals surface area contributed by atoms with Crippen molar-refractivity contribution >= 4 is 16.9 Å². The van der Waals surface area contributed by atoms with E-state index in [1.54, 1.807) is 0 Å². The number of para-hydroxylation sites is 1. The first kappa shape index (κ1) is 10.4. The van der Waals surface area contributed by atoms with E-state index in [0.29, 0.717) is 18.2 Å². The van der Waals surface area contributed by atoms with Crippen molar-refractivity contribution in [2.24, 2.45) is 0 Å². The number of fused-ring (bicyclic) bond motifs is 1. The molecule has 0 unspecified atom stereocenters. The number of esters is 1. The maximum absolute atomic E-state index is 11.7. The zero-order chi connectivity index (χ0) is 11.8. The second-order valence-electron chi connectivity index (χ2n) is 4.49. The quantitative estimate of drug-likeness (QED) is 0.821. The number of aromatic nitrogens is 1. The Labute approximate surface area is 99.8 Å². The molecule has 1 heterocycles. The number of carbonyl (C=O) groups is 1. The molecule has 0 saturated heterocycles. The van der Waals surface area contributed by atoms with E-state index in [4.69, 9.17) is 4.74 Å². The van der Waals surface area contributed by atoms with Crippen LogP contribution >= 0.6 is 0 Å². The van der Waals surface area contributed by atoms with Gasteiger partial charge in [-0.1, -0.05) is 18.2 Å². The van der Waals surface area contributed by atoms with Crippen molar-refractivity contribution in [1.82, 2.24) is 4.98 Å². The van der Waals surface area contributed by atoms with Crippen molar-refractivity contribution in [3.63, 3.8) is 0 Å². The second-order valence-corrected chi connectivity index (χ2v) is 4.49. The molecule has 1 fully saturated rings. The van der Waals surface area contributed by atoms with Gasteiger partial charge in [-0.25, -0.2) is 4.79 Å². The Kier molecular flexibility index (Phi) is 2.39. The number of hydrogen-bond donors (Lipinski definition) is 1. The molecule has 1 aliphatic rings. The van der Waals surface area contributed by atoms with E-state index in [-0.39, 0.29) is 5.97 Å². The van der Waals surface area contributed by atoms with Crippen molar-refractivity contribution < 1.29 is 9.53 Å². The highest BCUT2D eigenvalue weighted by Crippen LogP contribution is 2.42. The highest BCUT2D eigenvalue weighted by molar-refractivity contribution is 5.96. The number of carbonyl (C=O) groups excluding carboxylic acids is 1. The molecule has 0 aliphatic heterocycles. The van der Waals surface area contributed by atoms with Crippen LogP contribution < -0.4 is 0 Å². The molecule has 0 amide bonds. The third kappa shape index (κ3) is 1.82. The summed E-state index contributed by atoms with van der Waals surface area (Å²) in [4.78, 5) is 14.9. The first-order valence-corrected chi connectivity index (χ1v) is 6.08. The van der Waals surface area contributed by atoms with Gasteiger partial charge in [0.15, 0.2) is 0 Å². The molecular weight excluding hydrogens is 214 g/mol. The Morgan fingerprint density at radius 1 is 1.47 bits per heavy atom. The molecule has 0 spiro atoms. The fraction of sp³-hybridized carbons (Fsp3) is 0.357. The van der Waals surface area contributed by atoms with Crippen LogP contribution in [0.5, 0.6) is 0 Å². The number of aromatic amines is 1. The van der Waals surface area contributed by atoms with Gasteiger partial charge in [0.25, 0.3) is 0 Å². The van der Waals surface area contributed by atoms with Gasteiger partial charge in [0.05, 0.1) is 6.61 Å². The Balaban J connectivity index is 2.05. The summed E-state index contributed by atoms with van der Waals surface area (Å²) in [6.45, 7) is 2.22. The summed E-state index contributed by atoms with van der Waals surface area (Å²) in [7, 11) is 0. The smallest absolute Gasteiger partial charge is 0.354 e. The second kappa shape index (κ2) is 3.91. The summed E-state index contributed by atoms with van der Waals surface area (Å²) in [6.07, 6.45) is 2.51. The van der Waals surface area contributed by atoms with Gasteiger partial charge in [-0.2, -0.15) is 0 Å². The van der Waals surface area contributed by atoms with Crippen LogP contribution in [0, 0.1) is 0 Å². The maximum Gasteiger partial charge on any atom is 0.354 e. The van der Waals surface area contributed by atoms with Crippen LogP contribution in [-0.4, -0.2) is 17.6 Å². The monoisotopic (exact) mass is 229 g/mol. The van der Waals surface area contributed by atoms with E-state index in [1.165, 1.54) is 18.4 Å². The third-order valence-electron chi connectivity index (χ3n) is 3.20. The lowest BCUT2D eigenvalue weighted by Crippen LogP contribution is -2.04. The molecule has 3 heteroatoms. The number of nitrogens with one attached hydrogen (secondary N) is 1. The van der Waals surface area contributed by atoms with Gasteiger partial charge in [0, 0.05) is 10.9 Å². The topological polar surface area (TPSA) is 42.1 Å². The van der Waals surface area contributed by atoms with Crippen molar-refractivity contribution in [1.29, 1.82) is 0 Å². The summed E-state index contributed by atoms with van der Waals surface area (Å²) in [5.74, 6) is 0.401. The molecule has 1 N–H and O–H groups in total. The van der Waals surface area contributed by atoms with Crippen molar-refractivity contribution in [2.75, 3.05) is 6.61 Å². The van der Waals surface area contributed by atoms with E-state index >= 15 is 0 Å². The summed E-state index contributed by atoms with van der Waals surface area (Å²) < 4.78 is 5.00. The summed E-state index contributed by atoms with van der Waals surface area (Å²) in [5, 5.41) is 1.09. The van der Waals surface area contributed by atoms with Gasteiger partial charge in [0.2, 0.25) is 0 Å². The van der Waals surface area contributed by atoms with E-state index in [0.717, 1.165) is 10.9 Å². The minimum Gasteiger partial charge on any atom is -0.461 e. The first-order valence-electron chi connectivity index (χ1n) is 6.08. The molecule has 1 aromatic heterocycles. The van der Waals surface area contributed by atoms with Crippen molar-refractivity contribution in [3.05, 3.63) is 35.5 Å². The first-order chi connectivity index (χ1) is 8.29. The lowest BCUT2D eigenvalue weighted by atomic mass is 10.1. The van der Waals surface area contributed by atoms with Crippen LogP contribution in [-0.2, 0) is 4.74 Å². The Morgan fingerprint density at radius 3 is 3.00 bits per heavy atom. The highest BCUT2D eigenvalue weighted by atomic mass is 16.5. The number of benzene rings is 1. The number of hydrogen-bond acceptors (Lipinski definition) is 2. The van der Waals surface area contributed by atoms with Gasteiger partial charge in [-0.15, -0.1) is 0 Å². The minimum absolute atomic E-state index is 0.273. The SMILES string of the molecule is CCOC(=O)c1cc2cccc(C3CC3)c2[nH]1. The van der Waals surface area contributed by atoms with Crippen LogP contribution in [0.2, 0.25) is 0 Å². The van der Waals surface area contributed by atoms with Crippen LogP contribution in [0.15, 0.2) is 24.3 Å². The van der Waals surface area contributed by atoms with Crippen LogP contribution in [0.1, 0.15) is 41.7 Å². The van der Waals surface area contributed by atoms with Gasteiger partial charge in [0.1, 0.15) is 5.69 Å². The standard InChI is InChI=1S/C14H15NO2/c1-2-17-14(16)12-8-10-4-3-5-11(9-6-7-9)13(10)15-12/h3-5,8-9,15H,2,6-7H2,1H3. The molecule has 1 saturated carbocycles. The van der Waals surface area contributed by atoms with Gasteiger partial charge in [-0.05, 0) is 37.3 Å². The summed E-state index contributed by atoms with van der Waals surface area (Å²) in [6, 6.07) is 8.10. The molecule has 0 bridgehead atoms. The summed E-state index contributed by atoms with van der Waals surface area (Å²) >= 11 is 0. The van der Waals surface area contributed by atoms with E-state index in [2.05, 4.69) is 17.1 Å². The largest absolute Gasteiger partial charge is 0.461 e. The van der Waals surface area contributed by atoms with Crippen LogP contribution in [0.4, 0.5) is 0 Å². The van der Waals surface area contributed by atoms with E-state index in [1.807, 2.05) is 19.1 Å². The molecule has 17 heavy (non-hydrogen) atoms. The van der Waals surface area contributed by atoms with Crippen molar-refractivity contribution in [3.8, 4) is 0 Å². The minimum atomic E-state index is -0.273. The van der Waals surface area contributed by atoms with E-state index in [9.17, 15) is 4.79 Å². The Hall–Kier alpha value is -1.77. The molecule has 0 atom stereocenters. The Bertz CT molecular complexity index is 567. The third-order valence-corrected chi connectivity index (χ3v) is 3.20. The lowest BCUT2D eigenvalue weighted by molar-refractivity contribution is 0.0520. The maximum atomic E-state index is 11.7. The predicted octanol–water partition coefficient (Wildman–Crippen LogP) is 3.22. The fourth-order valence-electron chi connectivity index (χ4n) is 2.23. The molecule has 3 rings (SSSR count). The number of ether oxygens (including phenoxy) is 1. The zero-order valence-corrected chi connectivity index (χ0v) is 9.82. The fourth-order valence-corrected chi connectivity index (χ4v) is 2.23. The lowest BCUT2D eigenvalue weighted by Gasteiger charge is -2.00. The van der Waals surface area contributed by atoms with Gasteiger partial charge >= 0.3 is 5.97 Å². The molecule has 2 aromatic rings. The zero-order valence-electron chi connectivity index (χ0n) is 9.82. The van der Waals surface area contributed by atoms with Gasteiger partial charge < -0.3 is 9.72 Å². The summed E-state index contributed by atoms with van der Waals surface area (Å²) in [5.41, 5.74) is 2.98. The Morgan fingerprint density at radius 2 is 2.29 bits per heavy atom. The van der Waals surface area contributed by atoms with Crippen LogP contribution in [0.25, 0.3) is 10.9 Å². The molecule has 88 valence electrons. The molecule has 3 nitrogen and oxygen atoms in total. The molecule has 1 aromatic carbocycles. The molecule has 0 radical (unpaired) electrons. The van der Waals surface area contributed by atoms with Gasteiger partial charge in [-0.3, -0.25) is 0 Å². The highest BCUT2D eigenvalue weighted by Gasteiger charge is 2.26. The average Bonchev–Trinajstić information content (AvgIpc) is 3.07. The normalized spacial score (nSPS) is 15.1. The van der Waals surface area contributed by atoms with Crippen molar-refractivity contribution in [2.45, 2.75) is 25.7 Å². The average molecular weight is 229 g/mol. The van der Waals surface area contributed by atoms with Crippen LogP contribution in [0.3, 0.4) is 0 Å². The number of rotatable bonds is 3. The molecule has 1 aliphatic carbocycles. The van der Waals surface area contributed by atoms with E-state index < -0.39 is 0 Å². The predicted molar refractivity (Wildman–Crippen MR) is 66.2 cm³/mol. The molecular formula is C14H15NO2.